The zero-order chi connectivity index (χ0) is 14.9. The fourth-order valence-electron chi connectivity index (χ4n) is 2.26. The Morgan fingerprint density at radius 2 is 2.00 bits per heavy atom. The summed E-state index contributed by atoms with van der Waals surface area (Å²) in [5, 5.41) is 9.64. The molecule has 0 saturated heterocycles. The molecular formula is C14H16N2O4. The maximum atomic E-state index is 12.4. The Balaban J connectivity index is 2.79. The minimum atomic E-state index is -1.18. The van der Waals surface area contributed by atoms with E-state index in [-0.39, 0.29) is 5.92 Å². The number of hydrogen-bond donors (Lipinski definition) is 2. The number of carbonyl (C=O) groups is 1. The third-order valence-corrected chi connectivity index (χ3v) is 3.55. The number of nitrogens with one attached hydrogen (secondary N) is 1. The fraction of sp³-hybridized carbons (Fsp3) is 0.357. The lowest BCUT2D eigenvalue weighted by atomic mass is 9.99. The first-order chi connectivity index (χ1) is 9.47. The molecule has 1 aromatic heterocycles. The highest BCUT2D eigenvalue weighted by molar-refractivity contribution is 5.78. The lowest BCUT2D eigenvalue weighted by Crippen LogP contribution is -2.43. The van der Waals surface area contributed by atoms with Crippen molar-refractivity contribution in [1.29, 1.82) is 0 Å². The lowest BCUT2D eigenvalue weighted by molar-refractivity contribution is -0.142. The zero-order valence-electron chi connectivity index (χ0n) is 11.3. The van der Waals surface area contributed by atoms with E-state index < -0.39 is 23.3 Å². The van der Waals surface area contributed by atoms with Crippen molar-refractivity contribution >= 4 is 16.9 Å². The summed E-state index contributed by atoms with van der Waals surface area (Å²) in [6.45, 7) is 3.53. The van der Waals surface area contributed by atoms with Crippen molar-refractivity contribution < 1.29 is 9.90 Å². The van der Waals surface area contributed by atoms with Crippen LogP contribution in [0.2, 0.25) is 0 Å². The number of para-hydroxylation sites is 1. The van der Waals surface area contributed by atoms with Crippen LogP contribution in [0.5, 0.6) is 0 Å². The number of H-pyrrole nitrogens is 1. The van der Waals surface area contributed by atoms with Crippen LogP contribution in [-0.4, -0.2) is 20.6 Å². The number of aromatic nitrogens is 2. The number of aliphatic carboxylic acids is 1. The predicted molar refractivity (Wildman–Crippen MR) is 75.0 cm³/mol. The Morgan fingerprint density at radius 1 is 1.35 bits per heavy atom. The molecule has 0 radical (unpaired) electrons. The molecular weight excluding hydrogens is 260 g/mol. The molecule has 2 atom stereocenters. The molecule has 2 rings (SSSR count). The molecule has 0 amide bonds. The molecule has 0 aliphatic heterocycles. The zero-order valence-corrected chi connectivity index (χ0v) is 11.3. The first kappa shape index (κ1) is 14.0. The van der Waals surface area contributed by atoms with Gasteiger partial charge in [-0.1, -0.05) is 32.4 Å². The SMILES string of the molecule is CCC(C)C(C(=O)O)n1c(=O)[nH]c2ccccc2c1=O. The van der Waals surface area contributed by atoms with Crippen LogP contribution < -0.4 is 11.2 Å². The summed E-state index contributed by atoms with van der Waals surface area (Å²) in [6.07, 6.45) is 0.551. The fourth-order valence-corrected chi connectivity index (χ4v) is 2.26. The van der Waals surface area contributed by atoms with Crippen molar-refractivity contribution in [2.24, 2.45) is 5.92 Å². The number of rotatable bonds is 4. The van der Waals surface area contributed by atoms with Crippen molar-refractivity contribution in [3.05, 3.63) is 45.1 Å². The molecule has 20 heavy (non-hydrogen) atoms. The van der Waals surface area contributed by atoms with Gasteiger partial charge in [-0.3, -0.25) is 4.79 Å². The highest BCUT2D eigenvalue weighted by Gasteiger charge is 2.28. The van der Waals surface area contributed by atoms with E-state index in [1.807, 2.05) is 6.92 Å². The van der Waals surface area contributed by atoms with Crippen LogP contribution >= 0.6 is 0 Å². The number of nitrogens with zero attached hydrogens (tertiary/aromatic N) is 1. The van der Waals surface area contributed by atoms with Crippen molar-refractivity contribution in [1.82, 2.24) is 9.55 Å². The largest absolute Gasteiger partial charge is 0.480 e. The van der Waals surface area contributed by atoms with Crippen molar-refractivity contribution in [3.8, 4) is 0 Å². The van der Waals surface area contributed by atoms with Gasteiger partial charge in [0.25, 0.3) is 5.56 Å². The van der Waals surface area contributed by atoms with E-state index in [2.05, 4.69) is 4.98 Å². The lowest BCUT2D eigenvalue weighted by Gasteiger charge is -2.20. The summed E-state index contributed by atoms with van der Waals surface area (Å²) < 4.78 is 0.804. The van der Waals surface area contributed by atoms with Crippen LogP contribution in [0.4, 0.5) is 0 Å². The van der Waals surface area contributed by atoms with Gasteiger partial charge in [-0.15, -0.1) is 0 Å². The summed E-state index contributed by atoms with van der Waals surface area (Å²) in [5.74, 6) is -1.50. The molecule has 1 heterocycles. The number of carboxylic acid groups (broad SMARTS) is 1. The number of fused-ring (bicyclic) bond motifs is 1. The molecule has 1 aromatic carbocycles. The van der Waals surface area contributed by atoms with Crippen molar-refractivity contribution in [2.75, 3.05) is 0 Å². The van der Waals surface area contributed by atoms with Crippen LogP contribution in [0.25, 0.3) is 10.9 Å². The molecule has 2 unspecified atom stereocenters. The minimum Gasteiger partial charge on any atom is -0.480 e. The van der Waals surface area contributed by atoms with Crippen LogP contribution in [0.1, 0.15) is 26.3 Å². The van der Waals surface area contributed by atoms with E-state index in [0.29, 0.717) is 17.3 Å². The Bertz CT molecular complexity index is 760. The van der Waals surface area contributed by atoms with Gasteiger partial charge in [0.1, 0.15) is 6.04 Å². The van der Waals surface area contributed by atoms with E-state index in [1.54, 1.807) is 31.2 Å². The number of benzene rings is 1. The predicted octanol–water partition coefficient (Wildman–Crippen LogP) is 1.36. The summed E-state index contributed by atoms with van der Waals surface area (Å²) in [7, 11) is 0. The molecule has 0 spiro atoms. The number of aromatic amines is 1. The average Bonchev–Trinajstić information content (AvgIpc) is 2.42. The Hall–Kier alpha value is -2.37. The quantitative estimate of drug-likeness (QED) is 0.882. The van der Waals surface area contributed by atoms with Gasteiger partial charge in [-0.05, 0) is 18.1 Å². The van der Waals surface area contributed by atoms with Crippen LogP contribution in [0.15, 0.2) is 33.9 Å². The smallest absolute Gasteiger partial charge is 0.329 e. The first-order valence-electron chi connectivity index (χ1n) is 6.43. The van der Waals surface area contributed by atoms with E-state index >= 15 is 0 Å². The van der Waals surface area contributed by atoms with Gasteiger partial charge < -0.3 is 10.1 Å². The van der Waals surface area contributed by atoms with E-state index in [4.69, 9.17) is 0 Å². The van der Waals surface area contributed by atoms with E-state index in [9.17, 15) is 19.5 Å². The molecule has 0 bridgehead atoms. The number of carboxylic acids is 1. The standard InChI is InChI=1S/C14H16N2O4/c1-3-8(2)11(13(18)19)16-12(17)9-6-4-5-7-10(9)15-14(16)20/h4-8,11H,3H2,1-2H3,(H,15,20)(H,18,19). The normalized spacial score (nSPS) is 14.1. The summed E-state index contributed by atoms with van der Waals surface area (Å²) in [4.78, 5) is 38.4. The van der Waals surface area contributed by atoms with Gasteiger partial charge in [0.2, 0.25) is 0 Å². The maximum Gasteiger partial charge on any atom is 0.329 e. The van der Waals surface area contributed by atoms with Crippen LogP contribution in [0.3, 0.4) is 0 Å². The Labute approximate surface area is 114 Å². The topological polar surface area (TPSA) is 92.2 Å². The Morgan fingerprint density at radius 3 is 2.60 bits per heavy atom. The third kappa shape index (κ3) is 2.24. The Kier molecular flexibility index (Phi) is 3.74. The summed E-state index contributed by atoms with van der Waals surface area (Å²) >= 11 is 0. The van der Waals surface area contributed by atoms with Crippen LogP contribution in [-0.2, 0) is 4.79 Å². The highest BCUT2D eigenvalue weighted by Crippen LogP contribution is 2.19. The van der Waals surface area contributed by atoms with Crippen LogP contribution in [0, 0.1) is 5.92 Å². The maximum absolute atomic E-state index is 12.4. The van der Waals surface area contributed by atoms with Gasteiger partial charge in [-0.2, -0.15) is 0 Å². The molecule has 0 fully saturated rings. The van der Waals surface area contributed by atoms with Crippen molar-refractivity contribution in [3.63, 3.8) is 0 Å². The number of hydrogen-bond acceptors (Lipinski definition) is 3. The third-order valence-electron chi connectivity index (χ3n) is 3.55. The molecule has 0 aliphatic carbocycles. The van der Waals surface area contributed by atoms with E-state index in [0.717, 1.165) is 4.57 Å². The summed E-state index contributed by atoms with van der Waals surface area (Å²) in [5.41, 5.74) is -0.856. The van der Waals surface area contributed by atoms with Gasteiger partial charge in [0.15, 0.2) is 0 Å². The van der Waals surface area contributed by atoms with Gasteiger partial charge >= 0.3 is 11.7 Å². The first-order valence-corrected chi connectivity index (χ1v) is 6.43. The van der Waals surface area contributed by atoms with Gasteiger partial charge in [0.05, 0.1) is 10.9 Å². The van der Waals surface area contributed by atoms with Gasteiger partial charge in [-0.25, -0.2) is 14.2 Å². The molecule has 6 heteroatoms. The molecule has 6 nitrogen and oxygen atoms in total. The molecule has 106 valence electrons. The highest BCUT2D eigenvalue weighted by atomic mass is 16.4. The molecule has 2 aromatic rings. The second-order valence-electron chi connectivity index (χ2n) is 4.82. The second-order valence-corrected chi connectivity index (χ2v) is 4.82. The molecule has 0 aliphatic rings. The summed E-state index contributed by atoms with van der Waals surface area (Å²) in [6, 6.07) is 5.39. The minimum absolute atomic E-state index is 0.307. The molecule has 0 saturated carbocycles. The van der Waals surface area contributed by atoms with E-state index in [1.165, 1.54) is 0 Å². The average molecular weight is 276 g/mol. The second kappa shape index (κ2) is 5.32. The monoisotopic (exact) mass is 276 g/mol. The van der Waals surface area contributed by atoms with Gasteiger partial charge in [0, 0.05) is 0 Å². The van der Waals surface area contributed by atoms with Crippen molar-refractivity contribution in [2.45, 2.75) is 26.3 Å². The molecule has 2 N–H and O–H groups in total.